The lowest BCUT2D eigenvalue weighted by molar-refractivity contribution is -0.134. The first-order valence-corrected chi connectivity index (χ1v) is 11.8. The van der Waals surface area contributed by atoms with Crippen LogP contribution >= 0.6 is 11.3 Å². The summed E-state index contributed by atoms with van der Waals surface area (Å²) >= 11 is 1.63. The van der Waals surface area contributed by atoms with Gasteiger partial charge >= 0.3 is 0 Å². The number of hydrogen-bond acceptors (Lipinski definition) is 5. The molecule has 6 nitrogen and oxygen atoms in total. The molecule has 3 aromatic rings. The lowest BCUT2D eigenvalue weighted by Crippen LogP contribution is -2.42. The van der Waals surface area contributed by atoms with Crippen LogP contribution in [0.15, 0.2) is 60.0 Å². The van der Waals surface area contributed by atoms with Crippen LogP contribution in [0, 0.1) is 0 Å². The van der Waals surface area contributed by atoms with E-state index in [1.54, 1.807) is 25.6 Å². The maximum atomic E-state index is 13.7. The first-order valence-electron chi connectivity index (χ1n) is 10.9. The average molecular weight is 465 g/mol. The van der Waals surface area contributed by atoms with E-state index in [0.29, 0.717) is 18.0 Å². The number of nitrogens with zero attached hydrogens (tertiary/aromatic N) is 1. The van der Waals surface area contributed by atoms with E-state index in [9.17, 15) is 9.59 Å². The molecule has 0 spiro atoms. The van der Waals surface area contributed by atoms with E-state index >= 15 is 0 Å². The molecule has 0 saturated heterocycles. The third-order valence-electron chi connectivity index (χ3n) is 5.96. The average Bonchev–Trinajstić information content (AvgIpc) is 3.36. The Morgan fingerprint density at radius 1 is 1.09 bits per heavy atom. The van der Waals surface area contributed by atoms with Gasteiger partial charge in [0.1, 0.15) is 0 Å². The molecular weight excluding hydrogens is 436 g/mol. The molecule has 1 N–H and O–H groups in total. The highest BCUT2D eigenvalue weighted by Crippen LogP contribution is 2.42. The molecule has 1 aliphatic rings. The molecule has 0 aliphatic carbocycles. The van der Waals surface area contributed by atoms with Crippen LogP contribution in [0.25, 0.3) is 0 Å². The molecule has 7 heteroatoms. The van der Waals surface area contributed by atoms with Crippen LogP contribution in [0.3, 0.4) is 0 Å². The van der Waals surface area contributed by atoms with E-state index in [1.165, 1.54) is 6.92 Å². The molecule has 1 aromatic heterocycles. The second-order valence-electron chi connectivity index (χ2n) is 8.03. The van der Waals surface area contributed by atoms with Crippen LogP contribution in [-0.2, 0) is 16.0 Å². The van der Waals surface area contributed by atoms with E-state index < -0.39 is 0 Å². The first kappa shape index (κ1) is 22.9. The summed E-state index contributed by atoms with van der Waals surface area (Å²) in [5, 5.41) is 4.97. The van der Waals surface area contributed by atoms with Gasteiger partial charge in [-0.2, -0.15) is 0 Å². The van der Waals surface area contributed by atoms with E-state index in [4.69, 9.17) is 9.47 Å². The van der Waals surface area contributed by atoms with Crippen molar-refractivity contribution < 1.29 is 19.1 Å². The summed E-state index contributed by atoms with van der Waals surface area (Å²) in [5.74, 6) is 1.17. The molecule has 2 heterocycles. The quantitative estimate of drug-likeness (QED) is 0.559. The van der Waals surface area contributed by atoms with Gasteiger partial charge in [0.25, 0.3) is 0 Å². The van der Waals surface area contributed by atoms with Crippen molar-refractivity contribution in [2.45, 2.75) is 31.8 Å². The Labute approximate surface area is 198 Å². The van der Waals surface area contributed by atoms with Crippen molar-refractivity contribution in [3.63, 3.8) is 0 Å². The summed E-state index contributed by atoms with van der Waals surface area (Å²) in [4.78, 5) is 28.6. The van der Waals surface area contributed by atoms with Crippen LogP contribution in [0.5, 0.6) is 11.5 Å². The van der Waals surface area contributed by atoms with Crippen molar-refractivity contribution in [2.75, 3.05) is 20.8 Å². The largest absolute Gasteiger partial charge is 0.493 e. The Kier molecular flexibility index (Phi) is 6.99. The highest BCUT2D eigenvalue weighted by Gasteiger charge is 2.35. The van der Waals surface area contributed by atoms with Crippen LogP contribution in [0.1, 0.15) is 47.0 Å². The normalized spacial score (nSPS) is 16.0. The molecule has 0 bridgehead atoms. The summed E-state index contributed by atoms with van der Waals surface area (Å²) < 4.78 is 11.1. The smallest absolute Gasteiger partial charge is 0.225 e. The minimum absolute atomic E-state index is 0.00330. The molecule has 2 aromatic carbocycles. The third-order valence-corrected chi connectivity index (χ3v) is 6.89. The van der Waals surface area contributed by atoms with Gasteiger partial charge in [0.05, 0.1) is 32.7 Å². The molecule has 2 unspecified atom stereocenters. The Hall–Kier alpha value is -3.32. The lowest BCUT2D eigenvalue weighted by Gasteiger charge is -2.38. The van der Waals surface area contributed by atoms with Crippen molar-refractivity contribution >= 4 is 23.2 Å². The fraction of sp³-hybridized carbons (Fsp3) is 0.308. The summed E-state index contributed by atoms with van der Waals surface area (Å²) in [6, 6.07) is 17.1. The Bertz CT molecular complexity index is 1110. The predicted octanol–water partition coefficient (Wildman–Crippen LogP) is 4.51. The molecule has 0 radical (unpaired) electrons. The SMILES string of the molecule is COc1cc2c(cc1OC)C(c1cccs1)N(C(=O)CC(NC(C)=O)c1ccccc1)CC2. The maximum Gasteiger partial charge on any atom is 0.225 e. The van der Waals surface area contributed by atoms with E-state index in [-0.39, 0.29) is 30.3 Å². The van der Waals surface area contributed by atoms with Crippen molar-refractivity contribution in [1.29, 1.82) is 0 Å². The Morgan fingerprint density at radius 2 is 1.82 bits per heavy atom. The molecule has 4 rings (SSSR count). The molecular formula is C26H28N2O4S. The van der Waals surface area contributed by atoms with Gasteiger partial charge in [0, 0.05) is 18.3 Å². The second-order valence-corrected chi connectivity index (χ2v) is 9.01. The Morgan fingerprint density at radius 3 is 2.45 bits per heavy atom. The number of ether oxygens (including phenoxy) is 2. The second kappa shape index (κ2) is 10.1. The minimum Gasteiger partial charge on any atom is -0.493 e. The van der Waals surface area contributed by atoms with Gasteiger partial charge in [-0.15, -0.1) is 11.3 Å². The van der Waals surface area contributed by atoms with E-state index in [0.717, 1.165) is 28.0 Å². The van der Waals surface area contributed by atoms with Crippen LogP contribution in [0.2, 0.25) is 0 Å². The number of methoxy groups -OCH3 is 2. The number of carbonyl (C=O) groups excluding carboxylic acids is 2. The minimum atomic E-state index is -0.382. The van der Waals surface area contributed by atoms with Crippen molar-refractivity contribution in [2.24, 2.45) is 0 Å². The zero-order chi connectivity index (χ0) is 23.4. The summed E-state index contributed by atoms with van der Waals surface area (Å²) in [7, 11) is 3.25. The summed E-state index contributed by atoms with van der Waals surface area (Å²) in [6.07, 6.45) is 0.910. The van der Waals surface area contributed by atoms with Gasteiger partial charge in [0.15, 0.2) is 11.5 Å². The number of fused-ring (bicyclic) bond motifs is 1. The van der Waals surface area contributed by atoms with Crippen molar-refractivity contribution in [1.82, 2.24) is 10.2 Å². The predicted molar refractivity (Wildman–Crippen MR) is 129 cm³/mol. The van der Waals surface area contributed by atoms with Crippen LogP contribution in [-0.4, -0.2) is 37.5 Å². The molecule has 1 aliphatic heterocycles. The van der Waals surface area contributed by atoms with Gasteiger partial charge < -0.3 is 19.7 Å². The molecule has 2 atom stereocenters. The van der Waals surface area contributed by atoms with Crippen LogP contribution < -0.4 is 14.8 Å². The number of benzene rings is 2. The van der Waals surface area contributed by atoms with Crippen molar-refractivity contribution in [3.8, 4) is 11.5 Å². The van der Waals surface area contributed by atoms with Crippen LogP contribution in [0.4, 0.5) is 0 Å². The number of amides is 2. The highest BCUT2D eigenvalue weighted by atomic mass is 32.1. The van der Waals surface area contributed by atoms with Crippen molar-refractivity contribution in [3.05, 3.63) is 81.5 Å². The standard InChI is InChI=1S/C26H28N2O4S/c1-17(29)27-21(18-8-5-4-6-9-18)16-25(30)28-12-11-19-14-22(31-2)23(32-3)15-20(19)26(28)24-10-7-13-33-24/h4-10,13-15,21,26H,11-12,16H2,1-3H3,(H,27,29). The van der Waals surface area contributed by atoms with Gasteiger partial charge in [0.2, 0.25) is 11.8 Å². The molecule has 2 amide bonds. The number of rotatable bonds is 7. The number of carbonyl (C=O) groups is 2. The first-order chi connectivity index (χ1) is 16.0. The van der Waals surface area contributed by atoms with Gasteiger partial charge in [-0.3, -0.25) is 9.59 Å². The monoisotopic (exact) mass is 464 g/mol. The number of hydrogen-bond donors (Lipinski definition) is 1. The summed E-state index contributed by atoms with van der Waals surface area (Å²) in [5.41, 5.74) is 3.11. The maximum absolute atomic E-state index is 13.7. The zero-order valence-corrected chi connectivity index (χ0v) is 19.9. The highest BCUT2D eigenvalue weighted by molar-refractivity contribution is 7.10. The van der Waals surface area contributed by atoms with E-state index in [2.05, 4.69) is 11.4 Å². The summed E-state index contributed by atoms with van der Waals surface area (Å²) in [6.45, 7) is 2.07. The number of nitrogens with one attached hydrogen (secondary N) is 1. The van der Waals surface area contributed by atoms with E-state index in [1.807, 2.05) is 58.8 Å². The lowest BCUT2D eigenvalue weighted by atomic mass is 9.90. The van der Waals surface area contributed by atoms with Gasteiger partial charge in [-0.05, 0) is 46.7 Å². The Balaban J connectivity index is 1.69. The third kappa shape index (κ3) is 4.88. The molecule has 0 fully saturated rings. The molecule has 0 saturated carbocycles. The van der Waals surface area contributed by atoms with Gasteiger partial charge in [-0.1, -0.05) is 36.4 Å². The number of thiophene rings is 1. The topological polar surface area (TPSA) is 67.9 Å². The fourth-order valence-electron chi connectivity index (χ4n) is 4.44. The van der Waals surface area contributed by atoms with Gasteiger partial charge in [-0.25, -0.2) is 0 Å². The zero-order valence-electron chi connectivity index (χ0n) is 19.0. The fourth-order valence-corrected chi connectivity index (χ4v) is 5.30. The molecule has 33 heavy (non-hydrogen) atoms. The molecule has 172 valence electrons.